The maximum atomic E-state index is 14.6. The standard InChI is InChI=1S/C17H23BBrFO4/c1-10-7-8-12(20)14(15(10)19)11(9-13(21)22-6)18-23-16(2,3)17(4,5)24-18/h7-8,11H,9H2,1-6H3. The molecule has 1 aromatic rings. The molecular formula is C17H23BBrFO4. The molecule has 0 bridgehead atoms. The Labute approximate surface area is 151 Å². The van der Waals surface area contributed by atoms with Gasteiger partial charge in [0.05, 0.1) is 24.7 Å². The highest BCUT2D eigenvalue weighted by Crippen LogP contribution is 2.44. The van der Waals surface area contributed by atoms with Crippen LogP contribution in [0.5, 0.6) is 0 Å². The summed E-state index contributed by atoms with van der Waals surface area (Å²) in [7, 11) is 0.562. The van der Waals surface area contributed by atoms with Crippen LogP contribution in [0.4, 0.5) is 4.39 Å². The Kier molecular flexibility index (Phi) is 5.47. The number of methoxy groups -OCH3 is 1. The number of carbonyl (C=O) groups excluding carboxylic acids is 1. The highest BCUT2D eigenvalue weighted by Gasteiger charge is 2.55. The second kappa shape index (κ2) is 6.77. The van der Waals surface area contributed by atoms with E-state index in [0.717, 1.165) is 5.56 Å². The van der Waals surface area contributed by atoms with Gasteiger partial charge in [0, 0.05) is 15.9 Å². The van der Waals surface area contributed by atoms with Gasteiger partial charge in [-0.15, -0.1) is 0 Å². The van der Waals surface area contributed by atoms with E-state index in [-0.39, 0.29) is 6.42 Å². The summed E-state index contributed by atoms with van der Waals surface area (Å²) in [6, 6.07) is 3.08. The number of hydrogen-bond acceptors (Lipinski definition) is 4. The van der Waals surface area contributed by atoms with E-state index in [9.17, 15) is 9.18 Å². The molecule has 0 aliphatic carbocycles. The van der Waals surface area contributed by atoms with Crippen LogP contribution in [0, 0.1) is 12.7 Å². The Morgan fingerprint density at radius 3 is 2.33 bits per heavy atom. The van der Waals surface area contributed by atoms with Gasteiger partial charge >= 0.3 is 13.1 Å². The first kappa shape index (κ1) is 19.4. The molecule has 0 radical (unpaired) electrons. The second-order valence-corrected chi connectivity index (χ2v) is 7.90. The molecule has 24 heavy (non-hydrogen) atoms. The van der Waals surface area contributed by atoms with Crippen molar-refractivity contribution in [2.75, 3.05) is 7.11 Å². The fourth-order valence-corrected chi connectivity index (χ4v) is 3.28. The molecule has 0 N–H and O–H groups in total. The van der Waals surface area contributed by atoms with Crippen molar-refractivity contribution >= 4 is 29.0 Å². The minimum Gasteiger partial charge on any atom is -0.469 e. The van der Waals surface area contributed by atoms with Crippen LogP contribution >= 0.6 is 15.9 Å². The van der Waals surface area contributed by atoms with E-state index in [2.05, 4.69) is 15.9 Å². The molecule has 1 fully saturated rings. The Balaban J connectivity index is 2.48. The summed E-state index contributed by atoms with van der Waals surface area (Å²) in [6.07, 6.45) is -0.0354. The van der Waals surface area contributed by atoms with Gasteiger partial charge in [0.1, 0.15) is 5.82 Å². The Bertz CT molecular complexity index is 632. The number of benzene rings is 1. The van der Waals surface area contributed by atoms with Gasteiger partial charge < -0.3 is 14.0 Å². The van der Waals surface area contributed by atoms with Crippen LogP contribution in [-0.2, 0) is 18.8 Å². The lowest BCUT2D eigenvalue weighted by Crippen LogP contribution is -2.41. The number of aryl methyl sites for hydroxylation is 1. The number of carbonyl (C=O) groups is 1. The van der Waals surface area contributed by atoms with Crippen LogP contribution in [0.25, 0.3) is 0 Å². The molecular weight excluding hydrogens is 378 g/mol. The molecule has 1 aliphatic heterocycles. The monoisotopic (exact) mass is 400 g/mol. The van der Waals surface area contributed by atoms with Gasteiger partial charge in [0.25, 0.3) is 0 Å². The van der Waals surface area contributed by atoms with Gasteiger partial charge in [0.15, 0.2) is 0 Å². The molecule has 0 spiro atoms. The highest BCUT2D eigenvalue weighted by molar-refractivity contribution is 9.10. The third-order valence-electron chi connectivity index (χ3n) is 4.90. The van der Waals surface area contributed by atoms with E-state index in [1.54, 1.807) is 6.07 Å². The first-order chi connectivity index (χ1) is 11.0. The predicted molar refractivity (Wildman–Crippen MR) is 94.3 cm³/mol. The average molecular weight is 401 g/mol. The quantitative estimate of drug-likeness (QED) is 0.561. The van der Waals surface area contributed by atoms with Crippen molar-refractivity contribution in [1.82, 2.24) is 0 Å². The molecule has 0 amide bonds. The smallest absolute Gasteiger partial charge is 0.466 e. The van der Waals surface area contributed by atoms with Crippen molar-refractivity contribution in [3.05, 3.63) is 33.5 Å². The van der Waals surface area contributed by atoms with E-state index >= 15 is 0 Å². The van der Waals surface area contributed by atoms with E-state index in [0.29, 0.717) is 10.0 Å². The van der Waals surface area contributed by atoms with E-state index < -0.39 is 35.9 Å². The first-order valence-corrected chi connectivity index (χ1v) is 8.66. The molecule has 0 aromatic heterocycles. The number of rotatable bonds is 4. The van der Waals surface area contributed by atoms with Crippen molar-refractivity contribution in [2.45, 2.75) is 58.1 Å². The minimum absolute atomic E-state index is 0.0354. The third kappa shape index (κ3) is 3.53. The van der Waals surface area contributed by atoms with Crippen molar-refractivity contribution < 1.29 is 23.2 Å². The molecule has 2 rings (SSSR count). The topological polar surface area (TPSA) is 44.8 Å². The van der Waals surface area contributed by atoms with Crippen LogP contribution in [0.2, 0.25) is 0 Å². The maximum Gasteiger partial charge on any atom is 0.466 e. The highest BCUT2D eigenvalue weighted by atomic mass is 79.9. The van der Waals surface area contributed by atoms with Crippen LogP contribution in [0.1, 0.15) is 51.1 Å². The zero-order valence-corrected chi connectivity index (χ0v) is 16.5. The van der Waals surface area contributed by atoms with Gasteiger partial charge in [0.2, 0.25) is 0 Å². The molecule has 1 unspecified atom stereocenters. The zero-order valence-electron chi connectivity index (χ0n) is 14.9. The molecule has 0 saturated carbocycles. The van der Waals surface area contributed by atoms with E-state index in [4.69, 9.17) is 14.0 Å². The predicted octanol–water partition coefficient (Wildman–Crippen LogP) is 4.17. The summed E-state index contributed by atoms with van der Waals surface area (Å²) < 4.78 is 32.1. The van der Waals surface area contributed by atoms with E-state index in [1.807, 2.05) is 34.6 Å². The molecule has 4 nitrogen and oxygen atoms in total. The Morgan fingerprint density at radius 2 is 1.83 bits per heavy atom. The summed E-state index contributed by atoms with van der Waals surface area (Å²) in [5.41, 5.74) is 0.106. The largest absolute Gasteiger partial charge is 0.469 e. The third-order valence-corrected chi connectivity index (χ3v) is 5.96. The van der Waals surface area contributed by atoms with Crippen molar-refractivity contribution in [1.29, 1.82) is 0 Å². The van der Waals surface area contributed by atoms with Crippen molar-refractivity contribution in [3.63, 3.8) is 0 Å². The van der Waals surface area contributed by atoms with Crippen molar-refractivity contribution in [2.24, 2.45) is 0 Å². The van der Waals surface area contributed by atoms with Gasteiger partial charge in [-0.3, -0.25) is 4.79 Å². The Morgan fingerprint density at radius 1 is 1.29 bits per heavy atom. The molecule has 1 atom stereocenters. The SMILES string of the molecule is COC(=O)CC(B1OC(C)(C)C(C)(C)O1)c1c(F)ccc(C)c1Br. The number of esters is 1. The van der Waals surface area contributed by atoms with Crippen LogP contribution in [0.15, 0.2) is 16.6 Å². The Hall–Kier alpha value is -0.915. The zero-order chi connectivity index (χ0) is 18.3. The summed E-state index contributed by atoms with van der Waals surface area (Å²) >= 11 is 3.44. The lowest BCUT2D eigenvalue weighted by molar-refractivity contribution is -0.140. The molecule has 1 heterocycles. The lowest BCUT2D eigenvalue weighted by Gasteiger charge is -2.32. The maximum absolute atomic E-state index is 14.6. The van der Waals surface area contributed by atoms with Gasteiger partial charge in [-0.25, -0.2) is 4.39 Å². The first-order valence-electron chi connectivity index (χ1n) is 7.87. The van der Waals surface area contributed by atoms with Crippen LogP contribution < -0.4 is 0 Å². The summed E-state index contributed by atoms with van der Waals surface area (Å²) in [5.74, 6) is -1.47. The van der Waals surface area contributed by atoms with E-state index in [1.165, 1.54) is 13.2 Å². The number of ether oxygens (including phenoxy) is 1. The molecule has 7 heteroatoms. The van der Waals surface area contributed by atoms with Gasteiger partial charge in [-0.1, -0.05) is 22.0 Å². The number of halogens is 2. The molecule has 1 aliphatic rings. The molecule has 132 valence electrons. The normalized spacial score (nSPS) is 20.1. The van der Waals surface area contributed by atoms with Crippen LogP contribution in [0.3, 0.4) is 0 Å². The summed E-state index contributed by atoms with van der Waals surface area (Å²) in [6.45, 7) is 9.55. The minimum atomic E-state index is -0.748. The van der Waals surface area contributed by atoms with Gasteiger partial charge in [-0.2, -0.15) is 0 Å². The molecule has 1 saturated heterocycles. The summed E-state index contributed by atoms with van der Waals surface area (Å²) in [5, 5.41) is 0. The second-order valence-electron chi connectivity index (χ2n) is 7.10. The van der Waals surface area contributed by atoms with Crippen molar-refractivity contribution in [3.8, 4) is 0 Å². The van der Waals surface area contributed by atoms with Gasteiger partial charge in [-0.05, 0) is 46.2 Å². The lowest BCUT2D eigenvalue weighted by atomic mass is 9.66. The molecule has 1 aromatic carbocycles. The average Bonchev–Trinajstić information content (AvgIpc) is 2.70. The fraction of sp³-hybridized carbons (Fsp3) is 0.588. The fourth-order valence-electron chi connectivity index (χ4n) is 2.67. The van der Waals surface area contributed by atoms with Crippen LogP contribution in [-0.4, -0.2) is 31.4 Å². The summed E-state index contributed by atoms with van der Waals surface area (Å²) in [4.78, 5) is 11.9. The number of hydrogen-bond donors (Lipinski definition) is 0.